The Kier molecular flexibility index (Phi) is 3.55. The van der Waals surface area contributed by atoms with Gasteiger partial charge in [0.15, 0.2) is 0 Å². The summed E-state index contributed by atoms with van der Waals surface area (Å²) < 4.78 is 0. The van der Waals surface area contributed by atoms with Crippen LogP contribution in [0, 0.1) is 0 Å². The van der Waals surface area contributed by atoms with Crippen LogP contribution in [0.5, 0.6) is 0 Å². The van der Waals surface area contributed by atoms with Crippen molar-refractivity contribution in [3.63, 3.8) is 0 Å². The first-order chi connectivity index (χ1) is 13.6. The highest BCUT2D eigenvalue weighted by molar-refractivity contribution is 6.34. The summed E-state index contributed by atoms with van der Waals surface area (Å²) >= 11 is 0. The van der Waals surface area contributed by atoms with Crippen molar-refractivity contribution in [3.8, 4) is 0 Å². The molecule has 1 aromatic carbocycles. The number of nitrogens with zero attached hydrogens (tertiary/aromatic N) is 2. The van der Waals surface area contributed by atoms with Crippen LogP contribution in [0.15, 0.2) is 70.9 Å². The third kappa shape index (κ3) is 2.21. The highest BCUT2D eigenvalue weighted by Gasteiger charge is 2.40. The first-order valence-corrected chi connectivity index (χ1v) is 9.19. The smallest absolute Gasteiger partial charge is 0.262 e. The molecule has 6 heteroatoms. The number of carbonyl (C=O) groups is 4. The molecule has 0 unspecified atom stereocenters. The van der Waals surface area contributed by atoms with Gasteiger partial charge in [-0.05, 0) is 49.9 Å². The molecule has 0 fully saturated rings. The number of hydrogen-bond donors (Lipinski definition) is 0. The summed E-state index contributed by atoms with van der Waals surface area (Å²) in [7, 11) is 0. The van der Waals surface area contributed by atoms with Gasteiger partial charge in [0.1, 0.15) is 0 Å². The Labute approximate surface area is 161 Å². The van der Waals surface area contributed by atoms with Crippen LogP contribution in [-0.2, 0) is 19.2 Å². The van der Waals surface area contributed by atoms with Gasteiger partial charge in [-0.2, -0.15) is 0 Å². The van der Waals surface area contributed by atoms with Gasteiger partial charge in [-0.25, -0.2) is 9.80 Å². The highest BCUT2D eigenvalue weighted by atomic mass is 16.2. The molecule has 0 N–H and O–H groups in total. The zero-order chi connectivity index (χ0) is 19.4. The molecule has 0 bridgehead atoms. The molecule has 138 valence electrons. The molecule has 2 aliphatic heterocycles. The van der Waals surface area contributed by atoms with Gasteiger partial charge in [0.05, 0.1) is 11.4 Å². The quantitative estimate of drug-likeness (QED) is 0.591. The zero-order valence-corrected chi connectivity index (χ0v) is 15.0. The molecule has 0 atom stereocenters. The Morgan fingerprint density at radius 3 is 0.964 bits per heavy atom. The lowest BCUT2D eigenvalue weighted by molar-refractivity contribution is -0.122. The Morgan fingerprint density at radius 1 is 0.464 bits per heavy atom. The fraction of sp³-hybridized carbons (Fsp3) is 0.182. The lowest BCUT2D eigenvalue weighted by Gasteiger charge is -2.18. The Morgan fingerprint density at radius 2 is 0.714 bits per heavy atom. The molecule has 4 amide bonds. The molecule has 5 rings (SSSR count). The van der Waals surface area contributed by atoms with E-state index in [0.29, 0.717) is 59.4 Å². The van der Waals surface area contributed by atoms with E-state index in [1.807, 2.05) is 24.3 Å². The minimum Gasteiger partial charge on any atom is -0.269 e. The standard InChI is InChI=1S/C22H16N2O4/c25-19-15-5-1-2-6-16(15)20(26)23(19)13-9-11-14(12-10-13)24-21(27)17-7-3-4-8-18(17)22(24)28/h1-4,9-12H,5-8H2. The third-order valence-corrected chi connectivity index (χ3v) is 5.56. The normalized spacial score (nSPS) is 21.3. The van der Waals surface area contributed by atoms with Gasteiger partial charge in [0.25, 0.3) is 23.6 Å². The number of imide groups is 2. The van der Waals surface area contributed by atoms with E-state index in [1.54, 1.807) is 24.3 Å². The van der Waals surface area contributed by atoms with Crippen LogP contribution in [0.25, 0.3) is 0 Å². The van der Waals surface area contributed by atoms with Crippen LogP contribution in [0.3, 0.4) is 0 Å². The van der Waals surface area contributed by atoms with Crippen LogP contribution in [0.4, 0.5) is 11.4 Å². The van der Waals surface area contributed by atoms with Crippen molar-refractivity contribution >= 4 is 35.0 Å². The zero-order valence-electron chi connectivity index (χ0n) is 15.0. The summed E-state index contributed by atoms with van der Waals surface area (Å²) in [5.74, 6) is -1.19. The van der Waals surface area contributed by atoms with E-state index in [1.165, 1.54) is 9.80 Å². The Balaban J connectivity index is 1.42. The van der Waals surface area contributed by atoms with Crippen LogP contribution in [0.2, 0.25) is 0 Å². The number of anilines is 2. The van der Waals surface area contributed by atoms with E-state index < -0.39 is 0 Å². The maximum absolute atomic E-state index is 12.6. The van der Waals surface area contributed by atoms with Gasteiger partial charge < -0.3 is 0 Å². The van der Waals surface area contributed by atoms with E-state index in [4.69, 9.17) is 0 Å². The Bertz CT molecular complexity index is 939. The molecule has 0 saturated heterocycles. The molecule has 4 aliphatic rings. The van der Waals surface area contributed by atoms with Crippen LogP contribution in [0.1, 0.15) is 25.7 Å². The van der Waals surface area contributed by atoms with Crippen molar-refractivity contribution in [3.05, 3.63) is 70.9 Å². The van der Waals surface area contributed by atoms with Crippen molar-refractivity contribution in [2.24, 2.45) is 0 Å². The fourth-order valence-electron chi connectivity index (χ4n) is 4.11. The minimum absolute atomic E-state index is 0.298. The number of hydrogen-bond acceptors (Lipinski definition) is 4. The molecule has 0 spiro atoms. The average molecular weight is 372 g/mol. The number of benzene rings is 1. The van der Waals surface area contributed by atoms with Crippen molar-refractivity contribution in [2.45, 2.75) is 25.7 Å². The second kappa shape index (κ2) is 5.99. The van der Waals surface area contributed by atoms with Gasteiger partial charge in [-0.15, -0.1) is 0 Å². The number of amides is 4. The van der Waals surface area contributed by atoms with Crippen molar-refractivity contribution < 1.29 is 19.2 Å². The van der Waals surface area contributed by atoms with E-state index in [9.17, 15) is 19.2 Å². The number of carbonyl (C=O) groups excluding carboxylic acids is 4. The highest BCUT2D eigenvalue weighted by Crippen LogP contribution is 2.36. The number of allylic oxidation sites excluding steroid dienone is 4. The SMILES string of the molecule is O=C1C2=C(CC=CC2)C(=O)N1c1ccc(N2C(=O)C3=C(CC=CC3)C2=O)cc1. The largest absolute Gasteiger partial charge is 0.269 e. The minimum atomic E-state index is -0.298. The first kappa shape index (κ1) is 16.6. The van der Waals surface area contributed by atoms with Gasteiger partial charge in [0.2, 0.25) is 0 Å². The van der Waals surface area contributed by atoms with Crippen LogP contribution in [-0.4, -0.2) is 23.6 Å². The average Bonchev–Trinajstić information content (AvgIpc) is 3.14. The molecule has 2 aliphatic carbocycles. The molecular weight excluding hydrogens is 356 g/mol. The van der Waals surface area contributed by atoms with Crippen LogP contribution < -0.4 is 9.80 Å². The second-order valence-electron chi connectivity index (χ2n) is 7.08. The van der Waals surface area contributed by atoms with Gasteiger partial charge >= 0.3 is 0 Å². The van der Waals surface area contributed by atoms with Crippen molar-refractivity contribution in [2.75, 3.05) is 9.80 Å². The van der Waals surface area contributed by atoms with E-state index >= 15 is 0 Å². The summed E-state index contributed by atoms with van der Waals surface area (Å²) in [6.45, 7) is 0. The van der Waals surface area contributed by atoms with E-state index in [0.717, 1.165) is 0 Å². The monoisotopic (exact) mass is 372 g/mol. The molecule has 28 heavy (non-hydrogen) atoms. The third-order valence-electron chi connectivity index (χ3n) is 5.56. The van der Waals surface area contributed by atoms with Crippen molar-refractivity contribution in [1.29, 1.82) is 0 Å². The van der Waals surface area contributed by atoms with Gasteiger partial charge in [0, 0.05) is 22.3 Å². The second-order valence-corrected chi connectivity index (χ2v) is 7.08. The molecule has 0 saturated carbocycles. The lowest BCUT2D eigenvalue weighted by Crippen LogP contribution is -2.33. The predicted molar refractivity (Wildman–Crippen MR) is 102 cm³/mol. The molecular formula is C22H16N2O4. The summed E-state index contributed by atoms with van der Waals surface area (Å²) in [5.41, 5.74) is 3.06. The molecule has 6 nitrogen and oxygen atoms in total. The molecule has 2 heterocycles. The fourth-order valence-corrected chi connectivity index (χ4v) is 4.11. The first-order valence-electron chi connectivity index (χ1n) is 9.19. The molecule has 1 aromatic rings. The maximum atomic E-state index is 12.6. The van der Waals surface area contributed by atoms with Gasteiger partial charge in [-0.3, -0.25) is 19.2 Å². The Hall–Kier alpha value is -3.54. The summed E-state index contributed by atoms with van der Waals surface area (Å²) in [5, 5.41) is 0. The summed E-state index contributed by atoms with van der Waals surface area (Å²) in [4.78, 5) is 52.9. The van der Waals surface area contributed by atoms with E-state index in [-0.39, 0.29) is 23.6 Å². The lowest BCUT2D eigenvalue weighted by atomic mass is 9.99. The molecule has 0 radical (unpaired) electrons. The van der Waals surface area contributed by atoms with Crippen LogP contribution >= 0.6 is 0 Å². The van der Waals surface area contributed by atoms with Crippen molar-refractivity contribution in [1.82, 2.24) is 0 Å². The number of rotatable bonds is 2. The topological polar surface area (TPSA) is 74.8 Å². The molecule has 0 aromatic heterocycles. The predicted octanol–water partition coefficient (Wildman–Crippen LogP) is 2.73. The maximum Gasteiger partial charge on any atom is 0.262 e. The van der Waals surface area contributed by atoms with Gasteiger partial charge in [-0.1, -0.05) is 24.3 Å². The van der Waals surface area contributed by atoms with E-state index in [2.05, 4.69) is 0 Å². The summed E-state index contributed by atoms with van der Waals surface area (Å²) in [6.07, 6.45) is 9.45. The summed E-state index contributed by atoms with van der Waals surface area (Å²) in [6, 6.07) is 6.42.